The van der Waals surface area contributed by atoms with Crippen molar-refractivity contribution in [2.24, 2.45) is 0 Å². The van der Waals surface area contributed by atoms with Crippen molar-refractivity contribution < 1.29 is 28.9 Å². The molecular formula is C33H32N2O6S. The first kappa shape index (κ1) is 28.9. The molecule has 2 heterocycles. The van der Waals surface area contributed by atoms with Gasteiger partial charge in [-0.1, -0.05) is 36.1 Å². The van der Waals surface area contributed by atoms with E-state index in [1.807, 2.05) is 39.8 Å². The summed E-state index contributed by atoms with van der Waals surface area (Å²) in [4.78, 5) is 33.6. The summed E-state index contributed by atoms with van der Waals surface area (Å²) in [5.41, 5.74) is 3.70. The van der Waals surface area contributed by atoms with Gasteiger partial charge in [0.15, 0.2) is 16.6 Å². The van der Waals surface area contributed by atoms with Crippen LogP contribution in [-0.4, -0.2) is 41.6 Å². The third-order valence-corrected chi connectivity index (χ3v) is 7.85. The molecule has 0 aliphatic carbocycles. The highest BCUT2D eigenvalue weighted by Gasteiger charge is 2.48. The minimum absolute atomic E-state index is 0.0430. The maximum absolute atomic E-state index is 13.7. The van der Waals surface area contributed by atoms with Gasteiger partial charge in [-0.15, -0.1) is 0 Å². The topological polar surface area (TPSA) is 98.2 Å². The van der Waals surface area contributed by atoms with Gasteiger partial charge in [-0.2, -0.15) is 0 Å². The van der Waals surface area contributed by atoms with Crippen molar-refractivity contribution in [1.82, 2.24) is 4.98 Å². The minimum Gasteiger partial charge on any atom is -0.507 e. The lowest BCUT2D eigenvalue weighted by molar-refractivity contribution is -0.132. The Morgan fingerprint density at radius 2 is 1.74 bits per heavy atom. The smallest absolute Gasteiger partial charge is 0.301 e. The zero-order chi connectivity index (χ0) is 30.0. The van der Waals surface area contributed by atoms with Crippen molar-refractivity contribution in [3.05, 3.63) is 95.1 Å². The molecule has 0 radical (unpaired) electrons. The standard InChI is InChI=1S/C33H32N2O6S/c1-6-15-41-24-14-11-22(18-25(24)40-8-3)29-27(30(36)21-9-12-23(13-10-21)39-7-2)31(37)32(38)35(29)33-34-28-20(5)16-19(4)17-26(28)42-33/h6,9-14,16-18,29,36H,1,7-8,15H2,2-5H3/b30-27+. The average molecular weight is 585 g/mol. The normalized spacial score (nSPS) is 16.2. The van der Waals surface area contributed by atoms with Crippen molar-refractivity contribution in [2.75, 3.05) is 24.7 Å². The number of fused-ring (bicyclic) bond motifs is 1. The molecule has 1 aliphatic rings. The number of Topliss-reactive ketones (excluding diaryl/α,β-unsaturated/α-hetero) is 1. The van der Waals surface area contributed by atoms with Crippen LogP contribution in [0.3, 0.4) is 0 Å². The fourth-order valence-corrected chi connectivity index (χ4v) is 6.24. The van der Waals surface area contributed by atoms with Crippen LogP contribution in [0, 0.1) is 13.8 Å². The van der Waals surface area contributed by atoms with Gasteiger partial charge in [0.1, 0.15) is 18.1 Å². The Morgan fingerprint density at radius 3 is 2.43 bits per heavy atom. The lowest BCUT2D eigenvalue weighted by Gasteiger charge is -2.24. The van der Waals surface area contributed by atoms with E-state index in [0.29, 0.717) is 46.7 Å². The van der Waals surface area contributed by atoms with Crippen molar-refractivity contribution in [3.63, 3.8) is 0 Å². The SMILES string of the molecule is C=CCOc1ccc(C2/C(=C(\O)c3ccc(OCC)cc3)C(=O)C(=O)N2c2nc3c(C)cc(C)cc3s2)cc1OCC. The largest absolute Gasteiger partial charge is 0.507 e. The second kappa shape index (κ2) is 12.1. The van der Waals surface area contributed by atoms with Crippen LogP contribution in [0.25, 0.3) is 16.0 Å². The average Bonchev–Trinajstić information content (AvgIpc) is 3.51. The van der Waals surface area contributed by atoms with Crippen LogP contribution in [0.2, 0.25) is 0 Å². The second-order valence-corrected chi connectivity index (χ2v) is 10.8. The summed E-state index contributed by atoms with van der Waals surface area (Å²) >= 11 is 1.33. The number of aliphatic hydroxyl groups is 1. The maximum atomic E-state index is 13.7. The Bertz CT molecular complexity index is 1710. The highest BCUT2D eigenvalue weighted by molar-refractivity contribution is 7.22. The molecule has 9 heteroatoms. The molecule has 1 fully saturated rings. The molecule has 3 aromatic carbocycles. The molecule has 0 spiro atoms. The molecule has 42 heavy (non-hydrogen) atoms. The summed E-state index contributed by atoms with van der Waals surface area (Å²) in [5.74, 6) is -0.298. The van der Waals surface area contributed by atoms with Crippen LogP contribution in [0.1, 0.15) is 42.1 Å². The fraction of sp³-hybridized carbons (Fsp3) is 0.242. The number of hydrogen-bond acceptors (Lipinski definition) is 8. The summed E-state index contributed by atoms with van der Waals surface area (Å²) in [6.07, 6.45) is 1.63. The molecule has 0 saturated carbocycles. The number of amides is 1. The number of aryl methyl sites for hydroxylation is 2. The number of rotatable bonds is 10. The van der Waals surface area contributed by atoms with Gasteiger partial charge in [0.05, 0.1) is 35.0 Å². The van der Waals surface area contributed by atoms with E-state index in [4.69, 9.17) is 19.2 Å². The minimum atomic E-state index is -0.966. The van der Waals surface area contributed by atoms with Crippen LogP contribution < -0.4 is 19.1 Å². The Hall–Kier alpha value is -4.63. The molecule has 1 atom stereocenters. The van der Waals surface area contributed by atoms with Gasteiger partial charge >= 0.3 is 5.91 Å². The van der Waals surface area contributed by atoms with E-state index >= 15 is 0 Å². The van der Waals surface area contributed by atoms with Gasteiger partial charge in [-0.3, -0.25) is 14.5 Å². The molecule has 1 aliphatic heterocycles. The number of anilines is 1. The maximum Gasteiger partial charge on any atom is 0.301 e. The van der Waals surface area contributed by atoms with E-state index in [1.165, 1.54) is 16.2 Å². The molecule has 5 rings (SSSR count). The van der Waals surface area contributed by atoms with Crippen LogP contribution in [0.15, 0.2) is 72.8 Å². The highest BCUT2D eigenvalue weighted by Crippen LogP contribution is 2.46. The number of aromatic nitrogens is 1. The van der Waals surface area contributed by atoms with E-state index < -0.39 is 17.7 Å². The molecule has 1 aromatic heterocycles. The Morgan fingerprint density at radius 1 is 1.00 bits per heavy atom. The first-order valence-corrected chi connectivity index (χ1v) is 14.5. The number of hydrogen-bond donors (Lipinski definition) is 1. The van der Waals surface area contributed by atoms with Crippen molar-refractivity contribution >= 4 is 44.1 Å². The number of carbonyl (C=O) groups excluding carboxylic acids is 2. The molecule has 1 amide bonds. The lowest BCUT2D eigenvalue weighted by atomic mass is 9.95. The van der Waals surface area contributed by atoms with E-state index in [9.17, 15) is 14.7 Å². The summed E-state index contributed by atoms with van der Waals surface area (Å²) in [6.45, 7) is 12.5. The summed E-state index contributed by atoms with van der Waals surface area (Å²) < 4.78 is 18.1. The Balaban J connectivity index is 1.71. The summed E-state index contributed by atoms with van der Waals surface area (Å²) in [7, 11) is 0. The number of ether oxygens (including phenoxy) is 3. The van der Waals surface area contributed by atoms with E-state index in [1.54, 1.807) is 48.5 Å². The monoisotopic (exact) mass is 584 g/mol. The molecule has 1 unspecified atom stereocenters. The van der Waals surface area contributed by atoms with E-state index in [0.717, 1.165) is 21.3 Å². The van der Waals surface area contributed by atoms with Gasteiger partial charge in [0.25, 0.3) is 5.78 Å². The third-order valence-electron chi connectivity index (χ3n) is 6.85. The molecule has 4 aromatic rings. The quantitative estimate of drug-likeness (QED) is 0.0937. The first-order chi connectivity index (χ1) is 20.3. The Labute approximate surface area is 248 Å². The number of aliphatic hydroxyl groups excluding tert-OH is 1. The van der Waals surface area contributed by atoms with Crippen LogP contribution in [0.5, 0.6) is 17.2 Å². The molecule has 1 N–H and O–H groups in total. The van der Waals surface area contributed by atoms with E-state index in [2.05, 4.69) is 6.58 Å². The number of thiazole rings is 1. The predicted octanol–water partition coefficient (Wildman–Crippen LogP) is 6.90. The lowest BCUT2D eigenvalue weighted by Crippen LogP contribution is -2.29. The van der Waals surface area contributed by atoms with Gasteiger partial charge in [0.2, 0.25) is 0 Å². The second-order valence-electron chi connectivity index (χ2n) is 9.79. The molecular weight excluding hydrogens is 552 g/mol. The third kappa shape index (κ3) is 5.35. The Kier molecular flexibility index (Phi) is 8.31. The molecule has 1 saturated heterocycles. The number of carbonyl (C=O) groups is 2. The van der Waals surface area contributed by atoms with Crippen LogP contribution >= 0.6 is 11.3 Å². The zero-order valence-electron chi connectivity index (χ0n) is 24.0. The van der Waals surface area contributed by atoms with Gasteiger partial charge in [-0.05, 0) is 86.8 Å². The fourth-order valence-electron chi connectivity index (χ4n) is 5.07. The van der Waals surface area contributed by atoms with Gasteiger partial charge in [0, 0.05) is 5.56 Å². The first-order valence-electron chi connectivity index (χ1n) is 13.7. The zero-order valence-corrected chi connectivity index (χ0v) is 24.8. The van der Waals surface area contributed by atoms with Crippen molar-refractivity contribution in [2.45, 2.75) is 33.7 Å². The van der Waals surface area contributed by atoms with Crippen LogP contribution in [-0.2, 0) is 9.59 Å². The predicted molar refractivity (Wildman–Crippen MR) is 165 cm³/mol. The molecule has 216 valence electrons. The van der Waals surface area contributed by atoms with Crippen molar-refractivity contribution in [3.8, 4) is 17.2 Å². The number of ketones is 1. The van der Waals surface area contributed by atoms with Gasteiger partial charge < -0.3 is 19.3 Å². The van der Waals surface area contributed by atoms with Crippen molar-refractivity contribution in [1.29, 1.82) is 0 Å². The summed E-state index contributed by atoms with van der Waals surface area (Å²) in [6, 6.07) is 15.0. The number of nitrogens with zero attached hydrogens (tertiary/aromatic N) is 2. The van der Waals surface area contributed by atoms with E-state index in [-0.39, 0.29) is 17.9 Å². The molecule has 0 bridgehead atoms. The number of benzene rings is 3. The van der Waals surface area contributed by atoms with Crippen LogP contribution in [0.4, 0.5) is 5.13 Å². The van der Waals surface area contributed by atoms with Gasteiger partial charge in [-0.25, -0.2) is 4.98 Å². The molecule has 8 nitrogen and oxygen atoms in total. The highest BCUT2D eigenvalue weighted by atomic mass is 32.1. The summed E-state index contributed by atoms with van der Waals surface area (Å²) in [5, 5.41) is 11.9.